The summed E-state index contributed by atoms with van der Waals surface area (Å²) in [4.78, 5) is 37.7. The van der Waals surface area contributed by atoms with Gasteiger partial charge in [0, 0.05) is 36.3 Å². The van der Waals surface area contributed by atoms with Crippen molar-refractivity contribution in [3.05, 3.63) is 47.1 Å². The van der Waals surface area contributed by atoms with Crippen molar-refractivity contribution >= 4 is 51.0 Å². The summed E-state index contributed by atoms with van der Waals surface area (Å²) < 4.78 is 11.7. The molecule has 4 heterocycles. The molecule has 0 radical (unpaired) electrons. The van der Waals surface area contributed by atoms with Gasteiger partial charge < -0.3 is 25.1 Å². The molecule has 1 atom stereocenters. The van der Waals surface area contributed by atoms with Gasteiger partial charge in [0.05, 0.1) is 16.6 Å². The second kappa shape index (κ2) is 7.84. The third kappa shape index (κ3) is 3.65. The maximum absolute atomic E-state index is 12.6. The zero-order chi connectivity index (χ0) is 23.4. The van der Waals surface area contributed by atoms with Gasteiger partial charge in [0.1, 0.15) is 11.1 Å². The molecule has 0 saturated heterocycles. The van der Waals surface area contributed by atoms with Crippen LogP contribution in [-0.4, -0.2) is 45.4 Å². The van der Waals surface area contributed by atoms with Crippen LogP contribution < -0.4 is 20.7 Å². The van der Waals surface area contributed by atoms with Gasteiger partial charge in [-0.15, -0.1) is 0 Å². The van der Waals surface area contributed by atoms with Crippen molar-refractivity contribution < 1.29 is 18.7 Å². The van der Waals surface area contributed by atoms with Crippen LogP contribution in [0.3, 0.4) is 0 Å². The summed E-state index contributed by atoms with van der Waals surface area (Å²) in [5.41, 5.74) is 2.02. The van der Waals surface area contributed by atoms with E-state index in [9.17, 15) is 9.59 Å². The Bertz CT molecular complexity index is 1480. The second-order valence-corrected chi connectivity index (χ2v) is 8.76. The number of anilines is 1. The van der Waals surface area contributed by atoms with Crippen LogP contribution in [0.5, 0.6) is 11.8 Å². The van der Waals surface area contributed by atoms with E-state index in [0.717, 1.165) is 23.6 Å². The quantitative estimate of drug-likeness (QED) is 0.379. The molecule has 2 amide bonds. The molecule has 1 aliphatic heterocycles. The number of hydrogen-bond acceptors (Lipinski definition) is 8. The van der Waals surface area contributed by atoms with Crippen LogP contribution in [-0.2, 0) is 0 Å². The van der Waals surface area contributed by atoms with Crippen LogP contribution in [0, 0.1) is 0 Å². The molecule has 0 spiro atoms. The Labute approximate surface area is 198 Å². The molecule has 3 N–H and O–H groups in total. The number of pyridine rings is 1. The van der Waals surface area contributed by atoms with Gasteiger partial charge in [-0.2, -0.15) is 4.98 Å². The van der Waals surface area contributed by atoms with E-state index in [4.69, 9.17) is 20.8 Å². The largest absolute Gasteiger partial charge is 0.449 e. The van der Waals surface area contributed by atoms with E-state index in [1.54, 1.807) is 18.2 Å². The van der Waals surface area contributed by atoms with E-state index in [-0.39, 0.29) is 52.3 Å². The normalized spacial score (nSPS) is 17.6. The molecule has 10 nitrogen and oxygen atoms in total. The molecule has 172 valence electrons. The first-order valence-electron chi connectivity index (χ1n) is 10.9. The molecule has 3 aromatic heterocycles. The zero-order valence-electron chi connectivity index (χ0n) is 18.0. The van der Waals surface area contributed by atoms with Crippen molar-refractivity contribution in [3.63, 3.8) is 0 Å². The fourth-order valence-electron chi connectivity index (χ4n) is 3.93. The number of nitrogens with zero attached hydrogens (tertiary/aromatic N) is 3. The number of aromatic nitrogens is 3. The minimum atomic E-state index is -0.323. The van der Waals surface area contributed by atoms with Gasteiger partial charge in [-0.25, -0.2) is 9.97 Å². The molecule has 1 unspecified atom stereocenters. The van der Waals surface area contributed by atoms with Gasteiger partial charge in [-0.05, 0) is 49.6 Å². The lowest BCUT2D eigenvalue weighted by Crippen LogP contribution is -2.34. The van der Waals surface area contributed by atoms with E-state index in [1.165, 1.54) is 6.20 Å². The van der Waals surface area contributed by atoms with E-state index >= 15 is 0 Å². The van der Waals surface area contributed by atoms with Crippen LogP contribution in [0.2, 0.25) is 5.28 Å². The first-order chi connectivity index (χ1) is 16.5. The minimum Gasteiger partial charge on any atom is -0.449 e. The number of rotatable bonds is 4. The smallest absolute Gasteiger partial charge is 0.289 e. The summed E-state index contributed by atoms with van der Waals surface area (Å²) in [6, 6.07) is 7.17. The lowest BCUT2D eigenvalue weighted by molar-refractivity contribution is 0.0918. The van der Waals surface area contributed by atoms with Crippen molar-refractivity contribution in [3.8, 4) is 11.8 Å². The number of ether oxygens (including phenoxy) is 1. The summed E-state index contributed by atoms with van der Waals surface area (Å²) in [6.07, 6.45) is 3.24. The molecule has 1 aliphatic carbocycles. The number of benzene rings is 1. The highest BCUT2D eigenvalue weighted by Crippen LogP contribution is 2.38. The Kier molecular flexibility index (Phi) is 4.77. The Balaban J connectivity index is 1.39. The average Bonchev–Trinajstić information content (AvgIpc) is 3.56. The highest BCUT2D eigenvalue weighted by atomic mass is 35.5. The van der Waals surface area contributed by atoms with Gasteiger partial charge in [0.25, 0.3) is 11.8 Å². The molecule has 1 aromatic carbocycles. The van der Waals surface area contributed by atoms with Crippen molar-refractivity contribution in [1.29, 1.82) is 0 Å². The summed E-state index contributed by atoms with van der Waals surface area (Å²) in [6.45, 7) is 2.49. The number of furan rings is 1. The number of hydrogen-bond donors (Lipinski definition) is 3. The fraction of sp³-hybridized carbons (Fsp3) is 0.261. The first-order valence-corrected chi connectivity index (χ1v) is 11.3. The van der Waals surface area contributed by atoms with E-state index in [1.807, 2.05) is 13.0 Å². The number of fused-ring (bicyclic) bond motifs is 5. The summed E-state index contributed by atoms with van der Waals surface area (Å²) in [5, 5.41) is 10.6. The molecular weight excluding hydrogens is 460 g/mol. The van der Waals surface area contributed by atoms with E-state index < -0.39 is 0 Å². The second-order valence-electron chi connectivity index (χ2n) is 8.42. The highest BCUT2D eigenvalue weighted by Gasteiger charge is 2.28. The summed E-state index contributed by atoms with van der Waals surface area (Å²) in [7, 11) is 0. The third-order valence-electron chi connectivity index (χ3n) is 5.75. The van der Waals surface area contributed by atoms with Gasteiger partial charge in [0.2, 0.25) is 22.8 Å². The van der Waals surface area contributed by atoms with Crippen LogP contribution in [0.25, 0.3) is 21.9 Å². The molecule has 6 rings (SSSR count). The number of carbonyl (C=O) groups excluding carboxylic acids is 2. The van der Waals surface area contributed by atoms with Crippen molar-refractivity contribution in [1.82, 2.24) is 25.6 Å². The van der Waals surface area contributed by atoms with E-state index in [0.29, 0.717) is 23.3 Å². The molecule has 0 bridgehead atoms. The van der Waals surface area contributed by atoms with Gasteiger partial charge in [-0.1, -0.05) is 0 Å². The Hall–Kier alpha value is -3.92. The Morgan fingerprint density at radius 1 is 1.24 bits per heavy atom. The van der Waals surface area contributed by atoms with Crippen LogP contribution in [0.15, 0.2) is 34.9 Å². The zero-order valence-corrected chi connectivity index (χ0v) is 18.8. The topological polar surface area (TPSA) is 131 Å². The Morgan fingerprint density at radius 2 is 2.09 bits per heavy atom. The Morgan fingerprint density at radius 3 is 2.91 bits per heavy atom. The van der Waals surface area contributed by atoms with Crippen LogP contribution in [0.4, 0.5) is 5.69 Å². The lowest BCUT2D eigenvalue weighted by atomic mass is 10.1. The number of nitrogens with one attached hydrogen (secondary N) is 3. The van der Waals surface area contributed by atoms with Crippen molar-refractivity contribution in [2.24, 2.45) is 0 Å². The minimum absolute atomic E-state index is 0.0237. The maximum Gasteiger partial charge on any atom is 0.289 e. The predicted molar refractivity (Wildman–Crippen MR) is 125 cm³/mol. The maximum atomic E-state index is 12.6. The van der Waals surface area contributed by atoms with Gasteiger partial charge >= 0.3 is 0 Å². The molecule has 4 aromatic rings. The SMILES string of the molecule is CC1CNc2c(oc3ccc4nc(Oc5nc(Cl)ncc5C(=O)NC5CC5)ccc4c23)C(=O)N1. The standard InChI is InChI=1S/C23H19ClN6O4/c1-10-8-25-18-17-12-4-7-16(29-14(12)5-6-15(17)33-19(18)21(32)27-10)34-22-13(9-26-23(24)30-22)20(31)28-11-2-3-11/h4-7,9-11,25H,2-3,8H2,1H3,(H,27,32)(H,28,31). The van der Waals surface area contributed by atoms with Crippen molar-refractivity contribution in [2.45, 2.75) is 31.8 Å². The van der Waals surface area contributed by atoms with Gasteiger partial charge in [-0.3, -0.25) is 9.59 Å². The summed E-state index contributed by atoms with van der Waals surface area (Å²) >= 11 is 5.95. The fourth-order valence-corrected chi connectivity index (χ4v) is 4.06. The number of halogens is 1. The average molecular weight is 479 g/mol. The molecule has 1 fully saturated rings. The molecule has 1 saturated carbocycles. The number of amides is 2. The van der Waals surface area contributed by atoms with Crippen LogP contribution >= 0.6 is 11.6 Å². The molecule has 11 heteroatoms. The molecule has 2 aliphatic rings. The van der Waals surface area contributed by atoms with Gasteiger partial charge in [0.15, 0.2) is 0 Å². The summed E-state index contributed by atoms with van der Waals surface area (Å²) in [5.74, 6) is -0.0839. The molecule has 34 heavy (non-hydrogen) atoms. The third-order valence-corrected chi connectivity index (χ3v) is 5.93. The van der Waals surface area contributed by atoms with Crippen LogP contribution in [0.1, 0.15) is 40.7 Å². The monoisotopic (exact) mass is 478 g/mol. The van der Waals surface area contributed by atoms with Crippen molar-refractivity contribution in [2.75, 3.05) is 11.9 Å². The van der Waals surface area contributed by atoms with E-state index in [2.05, 4.69) is 30.9 Å². The molecular formula is C23H19ClN6O4. The predicted octanol–water partition coefficient (Wildman–Crippen LogP) is 3.65. The first kappa shape index (κ1) is 20.7. The number of carbonyl (C=O) groups is 2. The highest BCUT2D eigenvalue weighted by molar-refractivity contribution is 6.28. The lowest BCUT2D eigenvalue weighted by Gasteiger charge is -2.11.